The predicted octanol–water partition coefficient (Wildman–Crippen LogP) is 4.42. The van der Waals surface area contributed by atoms with Crippen LogP contribution in [0.2, 0.25) is 16.6 Å². The maximum Gasteiger partial charge on any atom is 0.321 e. The van der Waals surface area contributed by atoms with Crippen molar-refractivity contribution in [3.05, 3.63) is 29.8 Å². The fourth-order valence-electron chi connectivity index (χ4n) is 5.64. The molecule has 1 amide bonds. The Labute approximate surface area is 192 Å². The van der Waals surface area contributed by atoms with Crippen molar-refractivity contribution in [3.63, 3.8) is 0 Å². The van der Waals surface area contributed by atoms with E-state index < -0.39 is 37.5 Å². The van der Waals surface area contributed by atoms with Crippen molar-refractivity contribution in [2.45, 2.75) is 70.0 Å². The van der Waals surface area contributed by atoms with E-state index in [1.165, 1.54) is 14.2 Å². The summed E-state index contributed by atoms with van der Waals surface area (Å²) in [5, 5.41) is 2.84. The van der Waals surface area contributed by atoms with E-state index in [0.717, 1.165) is 0 Å². The van der Waals surface area contributed by atoms with E-state index in [1.54, 1.807) is 24.3 Å². The molecule has 1 heterocycles. The highest BCUT2D eigenvalue weighted by atomic mass is 28.4. The molecule has 0 saturated carbocycles. The van der Waals surface area contributed by atoms with Crippen molar-refractivity contribution >= 4 is 31.9 Å². The summed E-state index contributed by atoms with van der Waals surface area (Å²) >= 11 is 0. The number of amides is 1. The third kappa shape index (κ3) is 4.22. The minimum Gasteiger partial charge on any atom is -0.468 e. The number of methoxy groups -OCH3 is 2. The standard InChI is InChI=1S/C24H37NO6Si/c1-15(2)32(16(3)4,17(5)6)31-14-13-24(20(21(26)29-7)22(27)30-8)18-11-9-10-12-19(18)25-23(24)28/h9-12,15-17,20H,13-14H2,1-8H3,(H,25,28)/t24-/m0/s1. The van der Waals surface area contributed by atoms with Crippen LogP contribution in [0.3, 0.4) is 0 Å². The molecule has 1 atom stereocenters. The van der Waals surface area contributed by atoms with E-state index in [-0.39, 0.29) is 13.0 Å². The molecule has 1 aliphatic rings. The molecule has 1 N–H and O–H groups in total. The lowest BCUT2D eigenvalue weighted by Crippen LogP contribution is -2.52. The van der Waals surface area contributed by atoms with Gasteiger partial charge in [0.15, 0.2) is 14.2 Å². The Balaban J connectivity index is 2.56. The molecular formula is C24H37NO6Si. The summed E-state index contributed by atoms with van der Waals surface area (Å²) in [5.74, 6) is -3.46. The highest BCUT2D eigenvalue weighted by Gasteiger charge is 2.59. The molecule has 0 fully saturated rings. The monoisotopic (exact) mass is 463 g/mol. The Morgan fingerprint density at radius 1 is 0.938 bits per heavy atom. The van der Waals surface area contributed by atoms with Gasteiger partial charge < -0.3 is 19.2 Å². The number of hydrogen-bond donors (Lipinski definition) is 1. The lowest BCUT2D eigenvalue weighted by Gasteiger charge is -2.43. The number of nitrogens with one attached hydrogen (secondary N) is 1. The third-order valence-corrected chi connectivity index (χ3v) is 13.1. The van der Waals surface area contributed by atoms with Crippen molar-refractivity contribution in [1.82, 2.24) is 0 Å². The number of carbonyl (C=O) groups is 3. The first-order valence-electron chi connectivity index (χ1n) is 11.2. The SMILES string of the molecule is COC(=O)C(C(=O)OC)[C@@]1(CCO[Si](C(C)C)(C(C)C)C(C)C)C(=O)Nc2ccccc21. The Hall–Kier alpha value is -2.19. The van der Waals surface area contributed by atoms with Crippen LogP contribution in [0.4, 0.5) is 5.69 Å². The molecular weight excluding hydrogens is 426 g/mol. The quantitative estimate of drug-likeness (QED) is 0.314. The van der Waals surface area contributed by atoms with Gasteiger partial charge in [-0.05, 0) is 34.7 Å². The highest BCUT2D eigenvalue weighted by molar-refractivity contribution is 6.77. The van der Waals surface area contributed by atoms with Crippen LogP contribution in [0.25, 0.3) is 0 Å². The number of rotatable bonds is 10. The summed E-state index contributed by atoms with van der Waals surface area (Å²) in [7, 11) is 0.192. The van der Waals surface area contributed by atoms with Gasteiger partial charge in [0.05, 0.1) is 14.2 Å². The average molecular weight is 464 g/mol. The zero-order chi connectivity index (χ0) is 24.3. The number of fused-ring (bicyclic) bond motifs is 1. The van der Waals surface area contributed by atoms with Crippen LogP contribution >= 0.6 is 0 Å². The molecule has 0 saturated heterocycles. The molecule has 1 aliphatic heterocycles. The fourth-order valence-corrected chi connectivity index (χ4v) is 11.1. The lowest BCUT2D eigenvalue weighted by molar-refractivity contribution is -0.165. The molecule has 0 bridgehead atoms. The van der Waals surface area contributed by atoms with E-state index in [1.807, 2.05) is 0 Å². The zero-order valence-corrected chi connectivity index (χ0v) is 21.5. The molecule has 7 nitrogen and oxygen atoms in total. The Morgan fingerprint density at radius 2 is 1.44 bits per heavy atom. The summed E-state index contributed by atoms with van der Waals surface area (Å²) in [5.41, 5.74) is 0.776. The molecule has 1 aromatic carbocycles. The van der Waals surface area contributed by atoms with Crippen molar-refractivity contribution in [2.75, 3.05) is 26.1 Å². The predicted molar refractivity (Wildman–Crippen MR) is 126 cm³/mol. The molecule has 0 unspecified atom stereocenters. The fraction of sp³-hybridized carbons (Fsp3) is 0.625. The van der Waals surface area contributed by atoms with E-state index in [2.05, 4.69) is 46.9 Å². The normalized spacial score (nSPS) is 18.3. The van der Waals surface area contributed by atoms with Crippen LogP contribution in [0.15, 0.2) is 24.3 Å². The van der Waals surface area contributed by atoms with E-state index in [0.29, 0.717) is 27.9 Å². The summed E-state index contributed by atoms with van der Waals surface area (Å²) in [6, 6.07) is 7.11. The second kappa shape index (κ2) is 10.2. The molecule has 2 rings (SSSR count). The van der Waals surface area contributed by atoms with Crippen LogP contribution in [-0.2, 0) is 33.7 Å². The van der Waals surface area contributed by atoms with E-state index >= 15 is 0 Å². The Kier molecular flexibility index (Phi) is 8.28. The number of ether oxygens (including phenoxy) is 2. The maximum absolute atomic E-state index is 13.4. The topological polar surface area (TPSA) is 90.9 Å². The minimum atomic E-state index is -2.22. The second-order valence-electron chi connectivity index (χ2n) is 9.37. The summed E-state index contributed by atoms with van der Waals surface area (Å²) in [4.78, 5) is 39.0. The van der Waals surface area contributed by atoms with Gasteiger partial charge in [-0.15, -0.1) is 0 Å². The van der Waals surface area contributed by atoms with Gasteiger partial charge in [0, 0.05) is 12.3 Å². The molecule has 1 aromatic rings. The average Bonchev–Trinajstić information content (AvgIpc) is 3.02. The van der Waals surface area contributed by atoms with E-state index in [9.17, 15) is 14.4 Å². The molecule has 0 aliphatic carbocycles. The number of esters is 2. The van der Waals surface area contributed by atoms with Gasteiger partial charge in [-0.1, -0.05) is 59.7 Å². The molecule has 0 spiro atoms. The van der Waals surface area contributed by atoms with E-state index in [4.69, 9.17) is 13.9 Å². The third-order valence-electron chi connectivity index (χ3n) is 6.98. The van der Waals surface area contributed by atoms with Crippen LogP contribution in [0, 0.1) is 5.92 Å². The molecule has 178 valence electrons. The number of carbonyl (C=O) groups excluding carboxylic acids is 3. The van der Waals surface area contributed by atoms with Crippen molar-refractivity contribution < 1.29 is 28.3 Å². The van der Waals surface area contributed by atoms with Crippen LogP contribution in [0.1, 0.15) is 53.5 Å². The van der Waals surface area contributed by atoms with Crippen molar-refractivity contribution in [2.24, 2.45) is 5.92 Å². The van der Waals surface area contributed by atoms with Gasteiger partial charge in [0.25, 0.3) is 0 Å². The number of benzene rings is 1. The first-order valence-corrected chi connectivity index (χ1v) is 13.3. The summed E-state index contributed by atoms with van der Waals surface area (Å²) < 4.78 is 16.6. The van der Waals surface area contributed by atoms with Crippen LogP contribution in [-0.4, -0.2) is 47.0 Å². The Morgan fingerprint density at radius 3 is 1.91 bits per heavy atom. The van der Waals surface area contributed by atoms with Gasteiger partial charge in [-0.2, -0.15) is 0 Å². The molecule has 0 aromatic heterocycles. The summed E-state index contributed by atoms with van der Waals surface area (Å²) in [6.07, 6.45) is 0.158. The summed E-state index contributed by atoms with van der Waals surface area (Å²) in [6.45, 7) is 13.4. The van der Waals surface area contributed by atoms with Crippen molar-refractivity contribution in [3.8, 4) is 0 Å². The van der Waals surface area contributed by atoms with Crippen molar-refractivity contribution in [1.29, 1.82) is 0 Å². The second-order valence-corrected chi connectivity index (χ2v) is 14.8. The smallest absolute Gasteiger partial charge is 0.321 e. The highest BCUT2D eigenvalue weighted by Crippen LogP contribution is 2.48. The first-order chi connectivity index (χ1) is 15.0. The van der Waals surface area contributed by atoms with Crippen LogP contribution in [0.5, 0.6) is 0 Å². The minimum absolute atomic E-state index is 0.158. The first kappa shape index (κ1) is 26.1. The van der Waals surface area contributed by atoms with Gasteiger partial charge in [-0.3, -0.25) is 14.4 Å². The Bertz CT molecular complexity index is 815. The van der Waals surface area contributed by atoms with Gasteiger partial charge in [0.2, 0.25) is 5.91 Å². The molecule has 32 heavy (non-hydrogen) atoms. The maximum atomic E-state index is 13.4. The van der Waals surface area contributed by atoms with Gasteiger partial charge >= 0.3 is 11.9 Å². The van der Waals surface area contributed by atoms with Gasteiger partial charge in [-0.25, -0.2) is 0 Å². The number of anilines is 1. The number of hydrogen-bond acceptors (Lipinski definition) is 6. The zero-order valence-electron chi connectivity index (χ0n) is 20.5. The largest absolute Gasteiger partial charge is 0.468 e. The van der Waals surface area contributed by atoms with Gasteiger partial charge in [0.1, 0.15) is 5.41 Å². The molecule has 8 heteroatoms. The molecule has 0 radical (unpaired) electrons. The lowest BCUT2D eigenvalue weighted by atomic mass is 9.68. The number of para-hydroxylation sites is 1. The van der Waals surface area contributed by atoms with Crippen LogP contribution < -0.4 is 5.32 Å².